The SMILES string of the molecule is CCN(Cc1ccco1)C(=O)c1ccc(OC)c(O)c1. The summed E-state index contributed by atoms with van der Waals surface area (Å²) in [5.41, 5.74) is 0.414. The Labute approximate surface area is 117 Å². The summed E-state index contributed by atoms with van der Waals surface area (Å²) in [5, 5.41) is 9.74. The number of benzene rings is 1. The van der Waals surface area contributed by atoms with E-state index < -0.39 is 0 Å². The lowest BCUT2D eigenvalue weighted by Gasteiger charge is -2.20. The van der Waals surface area contributed by atoms with Crippen molar-refractivity contribution in [2.24, 2.45) is 0 Å². The molecule has 0 aliphatic carbocycles. The fourth-order valence-electron chi connectivity index (χ4n) is 1.92. The van der Waals surface area contributed by atoms with Gasteiger partial charge < -0.3 is 19.2 Å². The van der Waals surface area contributed by atoms with E-state index in [0.717, 1.165) is 5.76 Å². The molecule has 0 spiro atoms. The van der Waals surface area contributed by atoms with E-state index in [2.05, 4.69) is 0 Å². The Bertz CT molecular complexity index is 578. The van der Waals surface area contributed by atoms with Crippen LogP contribution in [-0.4, -0.2) is 29.6 Å². The van der Waals surface area contributed by atoms with Gasteiger partial charge in [-0.05, 0) is 37.3 Å². The normalized spacial score (nSPS) is 10.3. The summed E-state index contributed by atoms with van der Waals surface area (Å²) < 4.78 is 10.2. The summed E-state index contributed by atoms with van der Waals surface area (Å²) >= 11 is 0. The molecule has 0 saturated heterocycles. The van der Waals surface area contributed by atoms with E-state index in [1.165, 1.54) is 13.2 Å². The van der Waals surface area contributed by atoms with Crippen LogP contribution in [0.15, 0.2) is 41.0 Å². The lowest BCUT2D eigenvalue weighted by Crippen LogP contribution is -2.30. The first-order valence-corrected chi connectivity index (χ1v) is 6.34. The summed E-state index contributed by atoms with van der Waals surface area (Å²) in [4.78, 5) is 14.0. The van der Waals surface area contributed by atoms with Crippen molar-refractivity contribution in [2.45, 2.75) is 13.5 Å². The van der Waals surface area contributed by atoms with Gasteiger partial charge in [0.1, 0.15) is 5.76 Å². The minimum absolute atomic E-state index is 0.0487. The van der Waals surface area contributed by atoms with Crippen LogP contribution in [0.3, 0.4) is 0 Å². The lowest BCUT2D eigenvalue weighted by atomic mass is 10.1. The third kappa shape index (κ3) is 2.93. The highest BCUT2D eigenvalue weighted by Gasteiger charge is 2.17. The second-order valence-corrected chi connectivity index (χ2v) is 4.29. The summed E-state index contributed by atoms with van der Waals surface area (Å²) in [5.74, 6) is 0.850. The molecule has 5 nitrogen and oxygen atoms in total. The molecule has 0 fully saturated rings. The van der Waals surface area contributed by atoms with Crippen LogP contribution < -0.4 is 4.74 Å². The summed E-state index contributed by atoms with van der Waals surface area (Å²) in [7, 11) is 1.46. The van der Waals surface area contributed by atoms with Gasteiger partial charge in [-0.3, -0.25) is 4.79 Å². The second kappa shape index (κ2) is 6.14. The van der Waals surface area contributed by atoms with Gasteiger partial charge in [0.25, 0.3) is 5.91 Å². The Kier molecular flexibility index (Phi) is 4.30. The van der Waals surface area contributed by atoms with Gasteiger partial charge in [-0.1, -0.05) is 0 Å². The molecular weight excluding hydrogens is 258 g/mol. The fraction of sp³-hybridized carbons (Fsp3) is 0.267. The molecule has 0 unspecified atom stereocenters. The van der Waals surface area contributed by atoms with Crippen molar-refractivity contribution < 1.29 is 19.1 Å². The highest BCUT2D eigenvalue weighted by Crippen LogP contribution is 2.27. The van der Waals surface area contributed by atoms with Crippen LogP contribution in [0, 0.1) is 0 Å². The zero-order valence-corrected chi connectivity index (χ0v) is 11.5. The van der Waals surface area contributed by atoms with Crippen molar-refractivity contribution >= 4 is 5.91 Å². The predicted octanol–water partition coefficient (Wildman–Crippen LogP) is 2.66. The Morgan fingerprint density at radius 2 is 2.20 bits per heavy atom. The van der Waals surface area contributed by atoms with Crippen LogP contribution in [0.5, 0.6) is 11.5 Å². The van der Waals surface area contributed by atoms with Gasteiger partial charge in [-0.15, -0.1) is 0 Å². The number of aromatic hydroxyl groups is 1. The number of hydrogen-bond acceptors (Lipinski definition) is 4. The predicted molar refractivity (Wildman–Crippen MR) is 73.8 cm³/mol. The topological polar surface area (TPSA) is 62.9 Å². The maximum atomic E-state index is 12.4. The monoisotopic (exact) mass is 275 g/mol. The van der Waals surface area contributed by atoms with Gasteiger partial charge in [-0.25, -0.2) is 0 Å². The number of furan rings is 1. The summed E-state index contributed by atoms with van der Waals surface area (Å²) in [6.07, 6.45) is 1.58. The zero-order chi connectivity index (χ0) is 14.5. The molecule has 0 aliphatic rings. The average molecular weight is 275 g/mol. The molecule has 2 aromatic rings. The molecule has 20 heavy (non-hydrogen) atoms. The Morgan fingerprint density at radius 3 is 2.75 bits per heavy atom. The number of methoxy groups -OCH3 is 1. The first kappa shape index (κ1) is 14.0. The number of phenols is 1. The average Bonchev–Trinajstić information content (AvgIpc) is 2.97. The minimum atomic E-state index is -0.165. The molecule has 1 aromatic carbocycles. The highest BCUT2D eigenvalue weighted by molar-refractivity contribution is 5.94. The zero-order valence-electron chi connectivity index (χ0n) is 11.5. The number of ether oxygens (including phenoxy) is 1. The number of carbonyl (C=O) groups is 1. The van der Waals surface area contributed by atoms with Gasteiger partial charge in [0.2, 0.25) is 0 Å². The van der Waals surface area contributed by atoms with E-state index in [4.69, 9.17) is 9.15 Å². The van der Waals surface area contributed by atoms with Crippen LogP contribution in [0.4, 0.5) is 0 Å². The molecule has 0 aliphatic heterocycles. The fourth-order valence-corrected chi connectivity index (χ4v) is 1.92. The maximum Gasteiger partial charge on any atom is 0.254 e. The van der Waals surface area contributed by atoms with Gasteiger partial charge in [0.05, 0.1) is 19.9 Å². The Hall–Kier alpha value is -2.43. The first-order chi connectivity index (χ1) is 9.65. The largest absolute Gasteiger partial charge is 0.504 e. The molecule has 0 saturated carbocycles. The first-order valence-electron chi connectivity index (χ1n) is 6.34. The second-order valence-electron chi connectivity index (χ2n) is 4.29. The number of phenolic OH excluding ortho intramolecular Hbond substituents is 1. The van der Waals surface area contributed by atoms with Gasteiger partial charge in [0.15, 0.2) is 11.5 Å². The van der Waals surface area contributed by atoms with Crippen LogP contribution in [0.25, 0.3) is 0 Å². The molecule has 106 valence electrons. The molecule has 1 heterocycles. The Morgan fingerprint density at radius 1 is 1.40 bits per heavy atom. The van der Waals surface area contributed by atoms with Crippen molar-refractivity contribution in [2.75, 3.05) is 13.7 Å². The molecule has 1 amide bonds. The minimum Gasteiger partial charge on any atom is -0.504 e. The molecule has 2 rings (SSSR count). The standard InChI is InChI=1S/C15H17NO4/c1-3-16(10-12-5-4-8-20-12)15(18)11-6-7-14(19-2)13(17)9-11/h4-9,17H,3,10H2,1-2H3. The third-order valence-electron chi connectivity index (χ3n) is 3.02. The molecule has 1 aromatic heterocycles. The number of rotatable bonds is 5. The number of carbonyl (C=O) groups excluding carboxylic acids is 1. The van der Waals surface area contributed by atoms with Gasteiger partial charge >= 0.3 is 0 Å². The van der Waals surface area contributed by atoms with Crippen LogP contribution in [0.2, 0.25) is 0 Å². The lowest BCUT2D eigenvalue weighted by molar-refractivity contribution is 0.0741. The van der Waals surface area contributed by atoms with E-state index in [0.29, 0.717) is 24.4 Å². The van der Waals surface area contributed by atoms with Crippen molar-refractivity contribution in [1.82, 2.24) is 4.90 Å². The molecule has 0 bridgehead atoms. The number of nitrogens with zero attached hydrogens (tertiary/aromatic N) is 1. The highest BCUT2D eigenvalue weighted by atomic mass is 16.5. The van der Waals surface area contributed by atoms with E-state index in [9.17, 15) is 9.90 Å². The van der Waals surface area contributed by atoms with Crippen LogP contribution in [-0.2, 0) is 6.54 Å². The van der Waals surface area contributed by atoms with Crippen molar-refractivity contribution in [3.05, 3.63) is 47.9 Å². The van der Waals surface area contributed by atoms with E-state index in [1.807, 2.05) is 13.0 Å². The molecule has 1 N–H and O–H groups in total. The number of hydrogen-bond donors (Lipinski definition) is 1. The quantitative estimate of drug-likeness (QED) is 0.911. The smallest absolute Gasteiger partial charge is 0.254 e. The molecular formula is C15H17NO4. The Balaban J connectivity index is 2.17. The van der Waals surface area contributed by atoms with E-state index in [-0.39, 0.29) is 11.7 Å². The van der Waals surface area contributed by atoms with Crippen molar-refractivity contribution in [1.29, 1.82) is 0 Å². The van der Waals surface area contributed by atoms with Crippen molar-refractivity contribution in [3.8, 4) is 11.5 Å². The summed E-state index contributed by atoms with van der Waals surface area (Å²) in [6.45, 7) is 2.84. The molecule has 0 radical (unpaired) electrons. The van der Waals surface area contributed by atoms with Crippen LogP contribution in [0.1, 0.15) is 23.0 Å². The van der Waals surface area contributed by atoms with Crippen molar-refractivity contribution in [3.63, 3.8) is 0 Å². The molecule has 5 heteroatoms. The summed E-state index contributed by atoms with van der Waals surface area (Å²) in [6, 6.07) is 8.22. The molecule has 0 atom stereocenters. The third-order valence-corrected chi connectivity index (χ3v) is 3.02. The van der Waals surface area contributed by atoms with Gasteiger partial charge in [-0.2, -0.15) is 0 Å². The maximum absolute atomic E-state index is 12.4. The number of amides is 1. The van der Waals surface area contributed by atoms with Gasteiger partial charge in [0, 0.05) is 12.1 Å². The van der Waals surface area contributed by atoms with E-state index in [1.54, 1.807) is 29.4 Å². The van der Waals surface area contributed by atoms with Crippen LogP contribution >= 0.6 is 0 Å². The van der Waals surface area contributed by atoms with E-state index >= 15 is 0 Å².